The lowest BCUT2D eigenvalue weighted by atomic mass is 10.1. The minimum Gasteiger partial charge on any atom is -0.497 e. The lowest BCUT2D eigenvalue weighted by molar-refractivity contribution is 0.282. The highest BCUT2D eigenvalue weighted by Crippen LogP contribution is 2.28. The Hall–Kier alpha value is -2.00. The van der Waals surface area contributed by atoms with E-state index in [1.165, 1.54) is 0 Å². The molecule has 0 aliphatic carbocycles. The molecule has 0 amide bonds. The van der Waals surface area contributed by atoms with E-state index in [0.29, 0.717) is 0 Å². The van der Waals surface area contributed by atoms with Crippen molar-refractivity contribution in [1.29, 1.82) is 0 Å². The highest BCUT2D eigenvalue weighted by molar-refractivity contribution is 5.66. The molecule has 0 heterocycles. The molecule has 2 aromatic carbocycles. The number of hydrogen-bond donors (Lipinski definition) is 1. The Morgan fingerprint density at radius 2 is 1.72 bits per heavy atom. The SMILES string of the molecule is COc1ccc(N(C)c2ccccc2CO)cc1. The first-order chi connectivity index (χ1) is 8.76. The van der Waals surface area contributed by atoms with E-state index in [9.17, 15) is 5.11 Å². The number of methoxy groups -OCH3 is 1. The predicted molar refractivity (Wildman–Crippen MR) is 73.4 cm³/mol. The summed E-state index contributed by atoms with van der Waals surface area (Å²) >= 11 is 0. The first kappa shape index (κ1) is 12.5. The van der Waals surface area contributed by atoms with Gasteiger partial charge in [-0.25, -0.2) is 0 Å². The molecule has 0 spiro atoms. The maximum absolute atomic E-state index is 9.35. The topological polar surface area (TPSA) is 32.7 Å². The standard InChI is InChI=1S/C15H17NO2/c1-16(13-7-9-14(18-2)10-8-13)15-6-4-3-5-12(15)11-17/h3-10,17H,11H2,1-2H3. The molecule has 0 aromatic heterocycles. The Balaban J connectivity index is 2.31. The Labute approximate surface area is 107 Å². The molecule has 1 N–H and O–H groups in total. The zero-order chi connectivity index (χ0) is 13.0. The molecule has 2 rings (SSSR count). The van der Waals surface area contributed by atoms with Gasteiger partial charge in [-0.1, -0.05) is 18.2 Å². The van der Waals surface area contributed by atoms with Gasteiger partial charge in [-0.15, -0.1) is 0 Å². The second-order valence-corrected chi connectivity index (χ2v) is 4.04. The van der Waals surface area contributed by atoms with Gasteiger partial charge in [0.05, 0.1) is 13.7 Å². The van der Waals surface area contributed by atoms with Crippen molar-refractivity contribution in [2.75, 3.05) is 19.1 Å². The second kappa shape index (κ2) is 5.56. The first-order valence-corrected chi connectivity index (χ1v) is 5.83. The maximum atomic E-state index is 9.35. The van der Waals surface area contributed by atoms with Crippen molar-refractivity contribution >= 4 is 11.4 Å². The van der Waals surface area contributed by atoms with Crippen LogP contribution in [-0.2, 0) is 6.61 Å². The number of aliphatic hydroxyl groups is 1. The highest BCUT2D eigenvalue weighted by Gasteiger charge is 2.08. The average Bonchev–Trinajstić information content (AvgIpc) is 2.46. The molecule has 0 saturated carbocycles. The van der Waals surface area contributed by atoms with Crippen molar-refractivity contribution in [1.82, 2.24) is 0 Å². The highest BCUT2D eigenvalue weighted by atomic mass is 16.5. The molecular formula is C15H17NO2. The summed E-state index contributed by atoms with van der Waals surface area (Å²) in [4.78, 5) is 2.05. The summed E-state index contributed by atoms with van der Waals surface area (Å²) < 4.78 is 5.14. The van der Waals surface area contributed by atoms with E-state index in [1.54, 1.807) is 7.11 Å². The normalized spacial score (nSPS) is 10.2. The largest absolute Gasteiger partial charge is 0.497 e. The molecule has 0 atom stereocenters. The molecule has 0 saturated heterocycles. The van der Waals surface area contributed by atoms with E-state index in [4.69, 9.17) is 4.74 Å². The van der Waals surface area contributed by atoms with E-state index < -0.39 is 0 Å². The van der Waals surface area contributed by atoms with Crippen LogP contribution in [0.4, 0.5) is 11.4 Å². The van der Waals surface area contributed by atoms with Crippen LogP contribution in [0.15, 0.2) is 48.5 Å². The van der Waals surface area contributed by atoms with Gasteiger partial charge >= 0.3 is 0 Å². The Kier molecular flexibility index (Phi) is 3.85. The van der Waals surface area contributed by atoms with Crippen molar-refractivity contribution in [3.63, 3.8) is 0 Å². The van der Waals surface area contributed by atoms with Crippen molar-refractivity contribution in [2.45, 2.75) is 6.61 Å². The fraction of sp³-hybridized carbons (Fsp3) is 0.200. The Morgan fingerprint density at radius 3 is 2.33 bits per heavy atom. The van der Waals surface area contributed by atoms with Gasteiger partial charge in [0.25, 0.3) is 0 Å². The molecule has 0 radical (unpaired) electrons. The van der Waals surface area contributed by atoms with Gasteiger partial charge in [0.15, 0.2) is 0 Å². The van der Waals surface area contributed by atoms with E-state index in [-0.39, 0.29) is 6.61 Å². The van der Waals surface area contributed by atoms with Gasteiger partial charge in [-0.2, -0.15) is 0 Å². The Bertz CT molecular complexity index is 508. The van der Waals surface area contributed by atoms with Crippen LogP contribution in [0.1, 0.15) is 5.56 Å². The van der Waals surface area contributed by atoms with Gasteiger partial charge in [0.1, 0.15) is 5.75 Å². The molecule has 3 nitrogen and oxygen atoms in total. The van der Waals surface area contributed by atoms with Gasteiger partial charge in [-0.05, 0) is 30.3 Å². The number of rotatable bonds is 4. The number of para-hydroxylation sites is 1. The number of ether oxygens (including phenoxy) is 1. The number of benzene rings is 2. The first-order valence-electron chi connectivity index (χ1n) is 5.83. The molecule has 0 aliphatic rings. The minimum atomic E-state index is 0.0384. The van der Waals surface area contributed by atoms with E-state index in [1.807, 2.05) is 60.5 Å². The average molecular weight is 243 g/mol. The molecule has 94 valence electrons. The lowest BCUT2D eigenvalue weighted by Crippen LogP contribution is -2.11. The van der Waals surface area contributed by atoms with Crippen molar-refractivity contribution in [3.05, 3.63) is 54.1 Å². The van der Waals surface area contributed by atoms with Crippen LogP contribution in [-0.4, -0.2) is 19.3 Å². The van der Waals surface area contributed by atoms with Crippen molar-refractivity contribution in [2.24, 2.45) is 0 Å². The monoisotopic (exact) mass is 243 g/mol. The molecule has 0 unspecified atom stereocenters. The number of anilines is 2. The zero-order valence-corrected chi connectivity index (χ0v) is 10.6. The van der Waals surface area contributed by atoms with Gasteiger partial charge in [-0.3, -0.25) is 0 Å². The molecule has 0 bridgehead atoms. The molecule has 0 fully saturated rings. The molecular weight excluding hydrogens is 226 g/mol. The quantitative estimate of drug-likeness (QED) is 0.896. The molecule has 0 aliphatic heterocycles. The third kappa shape index (κ3) is 2.46. The van der Waals surface area contributed by atoms with Gasteiger partial charge in [0, 0.05) is 24.0 Å². The Morgan fingerprint density at radius 1 is 1.06 bits per heavy atom. The van der Waals surface area contributed by atoms with Crippen LogP contribution in [0.25, 0.3) is 0 Å². The van der Waals surface area contributed by atoms with Crippen LogP contribution in [0.3, 0.4) is 0 Å². The third-order valence-corrected chi connectivity index (χ3v) is 2.98. The summed E-state index contributed by atoms with van der Waals surface area (Å²) in [5, 5.41) is 9.35. The van der Waals surface area contributed by atoms with E-state index in [0.717, 1.165) is 22.7 Å². The smallest absolute Gasteiger partial charge is 0.119 e. The van der Waals surface area contributed by atoms with Gasteiger partial charge in [0.2, 0.25) is 0 Å². The molecule has 2 aromatic rings. The summed E-state index contributed by atoms with van der Waals surface area (Å²) in [7, 11) is 3.64. The van der Waals surface area contributed by atoms with E-state index >= 15 is 0 Å². The fourth-order valence-corrected chi connectivity index (χ4v) is 1.92. The summed E-state index contributed by atoms with van der Waals surface area (Å²) in [6, 6.07) is 15.7. The third-order valence-electron chi connectivity index (χ3n) is 2.98. The van der Waals surface area contributed by atoms with Crippen LogP contribution in [0.2, 0.25) is 0 Å². The summed E-state index contributed by atoms with van der Waals surface area (Å²) in [5.74, 6) is 0.836. The lowest BCUT2D eigenvalue weighted by Gasteiger charge is -2.22. The van der Waals surface area contributed by atoms with Crippen LogP contribution in [0.5, 0.6) is 5.75 Å². The number of hydrogen-bond acceptors (Lipinski definition) is 3. The van der Waals surface area contributed by atoms with Crippen LogP contribution >= 0.6 is 0 Å². The molecule has 18 heavy (non-hydrogen) atoms. The number of aliphatic hydroxyl groups excluding tert-OH is 1. The van der Waals surface area contributed by atoms with Crippen LogP contribution < -0.4 is 9.64 Å². The van der Waals surface area contributed by atoms with Crippen molar-refractivity contribution < 1.29 is 9.84 Å². The number of nitrogens with zero attached hydrogens (tertiary/aromatic N) is 1. The second-order valence-electron chi connectivity index (χ2n) is 4.04. The van der Waals surface area contributed by atoms with Crippen molar-refractivity contribution in [3.8, 4) is 5.75 Å². The van der Waals surface area contributed by atoms with Gasteiger partial charge < -0.3 is 14.7 Å². The maximum Gasteiger partial charge on any atom is 0.119 e. The zero-order valence-electron chi connectivity index (χ0n) is 10.6. The summed E-state index contributed by atoms with van der Waals surface area (Å²) in [6.07, 6.45) is 0. The molecule has 3 heteroatoms. The summed E-state index contributed by atoms with van der Waals surface area (Å²) in [5.41, 5.74) is 2.97. The predicted octanol–water partition coefficient (Wildman–Crippen LogP) is 2.96. The summed E-state index contributed by atoms with van der Waals surface area (Å²) in [6.45, 7) is 0.0384. The fourth-order valence-electron chi connectivity index (χ4n) is 1.92. The van der Waals surface area contributed by atoms with E-state index in [2.05, 4.69) is 0 Å². The minimum absolute atomic E-state index is 0.0384. The van der Waals surface area contributed by atoms with Crippen LogP contribution in [0, 0.1) is 0 Å².